The Balaban J connectivity index is 1.70. The van der Waals surface area contributed by atoms with E-state index in [0.29, 0.717) is 30.1 Å². The van der Waals surface area contributed by atoms with Crippen molar-refractivity contribution < 1.29 is 23.5 Å². The van der Waals surface area contributed by atoms with Gasteiger partial charge in [-0.05, 0) is 31.2 Å². The van der Waals surface area contributed by atoms with Gasteiger partial charge in [0.15, 0.2) is 0 Å². The first-order valence-electron chi connectivity index (χ1n) is 7.44. The summed E-state index contributed by atoms with van der Waals surface area (Å²) >= 11 is 0.972. The van der Waals surface area contributed by atoms with Gasteiger partial charge in [0.05, 0.1) is 12.2 Å². The second kappa shape index (κ2) is 6.92. The lowest BCUT2D eigenvalue weighted by Crippen LogP contribution is -2.25. The number of hydrogen-bond acceptors (Lipinski definition) is 6. The molecule has 2 amide bonds. The maximum Gasteiger partial charge on any atom is 0.338 e. The lowest BCUT2D eigenvalue weighted by molar-refractivity contribution is -0.119. The summed E-state index contributed by atoms with van der Waals surface area (Å²) in [5, 5.41) is 1.47. The normalized spacial score (nSPS) is 17.0. The molecule has 0 spiro atoms. The average molecular weight is 345 g/mol. The number of ether oxygens (including phenoxy) is 1. The Hall–Kier alpha value is -2.54. The Morgan fingerprint density at radius 3 is 2.58 bits per heavy atom. The van der Waals surface area contributed by atoms with Crippen LogP contribution in [0.3, 0.4) is 0 Å². The Bertz CT molecular complexity index is 781. The highest BCUT2D eigenvalue weighted by molar-refractivity contribution is 8.15. The van der Waals surface area contributed by atoms with Gasteiger partial charge < -0.3 is 9.15 Å². The smallest absolute Gasteiger partial charge is 0.338 e. The third kappa shape index (κ3) is 3.51. The van der Waals surface area contributed by atoms with E-state index in [4.69, 9.17) is 9.15 Å². The zero-order valence-corrected chi connectivity index (χ0v) is 13.7. The average Bonchev–Trinajstić information content (AvgIpc) is 3.15. The highest BCUT2D eigenvalue weighted by Crippen LogP contribution is 2.27. The van der Waals surface area contributed by atoms with Crippen LogP contribution in [0.4, 0.5) is 4.79 Å². The van der Waals surface area contributed by atoms with Gasteiger partial charge in [-0.2, -0.15) is 0 Å². The molecule has 1 N–H and O–H groups in total. The molecule has 7 heteroatoms. The fourth-order valence-electron chi connectivity index (χ4n) is 2.34. The van der Waals surface area contributed by atoms with Crippen LogP contribution in [0.5, 0.6) is 0 Å². The number of imide groups is 1. The first-order valence-corrected chi connectivity index (χ1v) is 8.32. The summed E-state index contributed by atoms with van der Waals surface area (Å²) in [5.41, 5.74) is 1.29. The van der Waals surface area contributed by atoms with Crippen LogP contribution >= 0.6 is 11.8 Å². The monoisotopic (exact) mass is 345 g/mol. The number of hydrogen-bond donors (Lipinski definition) is 1. The summed E-state index contributed by atoms with van der Waals surface area (Å²) in [4.78, 5) is 34.4. The van der Waals surface area contributed by atoms with Crippen LogP contribution in [0.15, 0.2) is 40.8 Å². The van der Waals surface area contributed by atoms with Gasteiger partial charge in [0.25, 0.3) is 5.24 Å². The van der Waals surface area contributed by atoms with E-state index in [1.54, 1.807) is 43.3 Å². The molecular formula is C17H15NO5S. The van der Waals surface area contributed by atoms with Crippen molar-refractivity contribution in [3.05, 3.63) is 47.7 Å². The molecule has 0 aliphatic carbocycles. The molecule has 1 aliphatic heterocycles. The van der Waals surface area contributed by atoms with Gasteiger partial charge in [-0.3, -0.25) is 14.9 Å². The minimum Gasteiger partial charge on any atom is -0.462 e. The molecule has 24 heavy (non-hydrogen) atoms. The summed E-state index contributed by atoms with van der Waals surface area (Å²) in [7, 11) is 0. The summed E-state index contributed by atoms with van der Waals surface area (Å²) < 4.78 is 10.7. The third-order valence-electron chi connectivity index (χ3n) is 3.50. The van der Waals surface area contributed by atoms with Crippen LogP contribution < -0.4 is 5.32 Å². The van der Waals surface area contributed by atoms with E-state index in [1.165, 1.54) is 0 Å². The van der Waals surface area contributed by atoms with Crippen molar-refractivity contribution in [3.63, 3.8) is 0 Å². The Morgan fingerprint density at radius 2 is 1.96 bits per heavy atom. The molecule has 3 rings (SSSR count). The molecule has 124 valence electrons. The molecule has 1 fully saturated rings. The largest absolute Gasteiger partial charge is 0.462 e. The summed E-state index contributed by atoms with van der Waals surface area (Å²) in [6.07, 6.45) is 0.350. The standard InChI is InChI=1S/C17H15NO5S/c1-2-22-16(20)11-5-3-10(4-6-11)13-8-7-12(23-13)9-14-15(19)18-17(21)24-14/h3-8,14H,2,9H2,1H3,(H,18,19,21). The van der Waals surface area contributed by atoms with E-state index in [1.807, 2.05) is 0 Å². The molecule has 0 bridgehead atoms. The SMILES string of the molecule is CCOC(=O)c1ccc(-c2ccc(CC3SC(=O)NC3=O)o2)cc1. The third-order valence-corrected chi connectivity index (χ3v) is 4.48. The molecule has 1 unspecified atom stereocenters. The van der Waals surface area contributed by atoms with Gasteiger partial charge in [0, 0.05) is 12.0 Å². The van der Waals surface area contributed by atoms with Crippen molar-refractivity contribution in [1.29, 1.82) is 0 Å². The minimum absolute atomic E-state index is 0.290. The molecule has 0 saturated carbocycles. The fourth-order valence-corrected chi connectivity index (χ4v) is 3.17. The van der Waals surface area contributed by atoms with Gasteiger partial charge >= 0.3 is 5.97 Å². The van der Waals surface area contributed by atoms with Gasteiger partial charge in [-0.1, -0.05) is 23.9 Å². The maximum absolute atomic E-state index is 11.6. The molecule has 1 atom stereocenters. The van der Waals surface area contributed by atoms with Crippen LogP contribution in [-0.4, -0.2) is 29.0 Å². The zero-order valence-electron chi connectivity index (χ0n) is 12.9. The number of furan rings is 1. The van der Waals surface area contributed by atoms with E-state index in [2.05, 4.69) is 5.32 Å². The quantitative estimate of drug-likeness (QED) is 0.839. The van der Waals surface area contributed by atoms with E-state index < -0.39 is 5.25 Å². The van der Waals surface area contributed by atoms with Gasteiger partial charge in [-0.25, -0.2) is 4.79 Å². The van der Waals surface area contributed by atoms with Crippen molar-refractivity contribution in [2.75, 3.05) is 6.61 Å². The lowest BCUT2D eigenvalue weighted by Gasteiger charge is -2.03. The number of amides is 2. The zero-order chi connectivity index (χ0) is 17.1. The first kappa shape index (κ1) is 16.3. The molecule has 1 aromatic carbocycles. The minimum atomic E-state index is -0.456. The topological polar surface area (TPSA) is 85.6 Å². The summed E-state index contributed by atoms with van der Waals surface area (Å²) in [5.74, 6) is 0.608. The van der Waals surface area contributed by atoms with E-state index in [-0.39, 0.29) is 17.1 Å². The number of esters is 1. The van der Waals surface area contributed by atoms with Crippen LogP contribution in [0.25, 0.3) is 11.3 Å². The highest BCUT2D eigenvalue weighted by Gasteiger charge is 2.32. The number of rotatable bonds is 5. The number of benzene rings is 1. The molecule has 2 heterocycles. The lowest BCUT2D eigenvalue weighted by atomic mass is 10.1. The molecule has 2 aromatic rings. The van der Waals surface area contributed by atoms with Gasteiger partial charge in [-0.15, -0.1) is 0 Å². The molecular weight excluding hydrogens is 330 g/mol. The second-order valence-corrected chi connectivity index (χ2v) is 6.33. The first-order chi connectivity index (χ1) is 11.6. The second-order valence-electron chi connectivity index (χ2n) is 5.15. The summed E-state index contributed by atoms with van der Waals surface area (Å²) in [6, 6.07) is 10.5. The predicted octanol–water partition coefficient (Wildman–Crippen LogP) is 3.02. The van der Waals surface area contributed by atoms with Crippen molar-refractivity contribution in [2.45, 2.75) is 18.6 Å². The van der Waals surface area contributed by atoms with E-state index in [9.17, 15) is 14.4 Å². The van der Waals surface area contributed by atoms with E-state index >= 15 is 0 Å². The van der Waals surface area contributed by atoms with Crippen molar-refractivity contribution in [3.8, 4) is 11.3 Å². The Morgan fingerprint density at radius 1 is 1.21 bits per heavy atom. The van der Waals surface area contributed by atoms with Gasteiger partial charge in [0.1, 0.15) is 16.8 Å². The Labute approximate surface area is 142 Å². The van der Waals surface area contributed by atoms with Crippen molar-refractivity contribution in [1.82, 2.24) is 5.32 Å². The Kier molecular flexibility index (Phi) is 4.71. The molecule has 6 nitrogen and oxygen atoms in total. The fraction of sp³-hybridized carbons (Fsp3) is 0.235. The number of carbonyl (C=O) groups excluding carboxylic acids is 3. The molecule has 1 aliphatic rings. The number of thioether (sulfide) groups is 1. The predicted molar refractivity (Wildman–Crippen MR) is 88.7 cm³/mol. The maximum atomic E-state index is 11.6. The van der Waals surface area contributed by atoms with Crippen LogP contribution in [0, 0.1) is 0 Å². The van der Waals surface area contributed by atoms with Gasteiger partial charge in [0.2, 0.25) is 5.91 Å². The van der Waals surface area contributed by atoms with Crippen LogP contribution in [0.1, 0.15) is 23.0 Å². The number of nitrogens with one attached hydrogen (secondary N) is 1. The molecule has 0 radical (unpaired) electrons. The molecule has 1 aromatic heterocycles. The number of carbonyl (C=O) groups is 3. The van der Waals surface area contributed by atoms with Crippen LogP contribution in [-0.2, 0) is 16.0 Å². The molecule has 1 saturated heterocycles. The summed E-state index contributed by atoms with van der Waals surface area (Å²) in [6.45, 7) is 2.09. The van der Waals surface area contributed by atoms with Crippen LogP contribution in [0.2, 0.25) is 0 Å². The van der Waals surface area contributed by atoms with E-state index in [0.717, 1.165) is 17.3 Å². The van der Waals surface area contributed by atoms with Crippen molar-refractivity contribution >= 4 is 28.9 Å². The highest BCUT2D eigenvalue weighted by atomic mass is 32.2. The van der Waals surface area contributed by atoms with Crippen molar-refractivity contribution in [2.24, 2.45) is 0 Å².